The summed E-state index contributed by atoms with van der Waals surface area (Å²) in [6.45, 7) is 8.04. The number of carbonyl (C=O) groups is 1. The molecule has 0 radical (unpaired) electrons. The predicted octanol–water partition coefficient (Wildman–Crippen LogP) is 5.15. The molecule has 0 aromatic heterocycles. The van der Waals surface area contributed by atoms with Crippen LogP contribution in [0.1, 0.15) is 39.7 Å². The van der Waals surface area contributed by atoms with E-state index in [0.717, 1.165) is 4.31 Å². The minimum Gasteiger partial charge on any atom is -0.492 e. The van der Waals surface area contributed by atoms with Crippen LogP contribution in [0.25, 0.3) is 0 Å². The van der Waals surface area contributed by atoms with Crippen molar-refractivity contribution < 1.29 is 17.9 Å². The average molecular weight is 495 g/mol. The third-order valence-electron chi connectivity index (χ3n) is 5.83. The summed E-state index contributed by atoms with van der Waals surface area (Å²) in [6, 6.07) is 24.9. The van der Waals surface area contributed by atoms with Crippen molar-refractivity contribution in [2.24, 2.45) is 0 Å². The van der Waals surface area contributed by atoms with Crippen LogP contribution in [0.2, 0.25) is 0 Å². The Hall–Kier alpha value is -3.32. The van der Waals surface area contributed by atoms with Crippen molar-refractivity contribution in [1.29, 1.82) is 0 Å². The summed E-state index contributed by atoms with van der Waals surface area (Å²) in [5, 5.41) is 3.00. The lowest BCUT2D eigenvalue weighted by Gasteiger charge is -2.30. The summed E-state index contributed by atoms with van der Waals surface area (Å²) in [5.41, 5.74) is 1.34. The van der Waals surface area contributed by atoms with E-state index >= 15 is 0 Å². The van der Waals surface area contributed by atoms with E-state index in [2.05, 4.69) is 31.3 Å². The van der Waals surface area contributed by atoms with Crippen LogP contribution in [0.4, 0.5) is 5.69 Å². The molecule has 0 bridgehead atoms. The molecule has 0 saturated carbocycles. The largest absolute Gasteiger partial charge is 0.492 e. The number of anilines is 1. The normalized spacial score (nSPS) is 12.6. The Kier molecular flexibility index (Phi) is 8.57. The SMILES string of the molecule is CCOc1ccccc1N(CC(=O)NC(C)CC(C)(C)c1ccccc1)S(=O)(=O)c1ccccc1. The quantitative estimate of drug-likeness (QED) is 0.400. The first-order valence-electron chi connectivity index (χ1n) is 11.8. The average Bonchev–Trinajstić information content (AvgIpc) is 2.84. The van der Waals surface area contributed by atoms with Crippen LogP contribution < -0.4 is 14.4 Å². The third kappa shape index (κ3) is 6.63. The second-order valence-corrected chi connectivity index (χ2v) is 11.0. The maximum atomic E-state index is 13.6. The zero-order chi connectivity index (χ0) is 25.5. The second kappa shape index (κ2) is 11.4. The molecule has 3 aromatic rings. The molecule has 0 fully saturated rings. The number of hydrogen-bond acceptors (Lipinski definition) is 4. The molecule has 0 aliphatic heterocycles. The zero-order valence-electron chi connectivity index (χ0n) is 20.8. The molecule has 0 saturated heterocycles. The molecule has 7 heteroatoms. The Bertz CT molecular complexity index is 1210. The maximum absolute atomic E-state index is 13.6. The van der Waals surface area contributed by atoms with E-state index in [1.807, 2.05) is 32.0 Å². The third-order valence-corrected chi connectivity index (χ3v) is 7.61. The summed E-state index contributed by atoms with van der Waals surface area (Å²) >= 11 is 0. The minimum atomic E-state index is -4.01. The molecule has 6 nitrogen and oxygen atoms in total. The van der Waals surface area contributed by atoms with Gasteiger partial charge in [-0.15, -0.1) is 0 Å². The minimum absolute atomic E-state index is 0.109. The van der Waals surface area contributed by atoms with Gasteiger partial charge in [-0.25, -0.2) is 8.42 Å². The Morgan fingerprint density at radius 3 is 2.14 bits per heavy atom. The van der Waals surface area contributed by atoms with Crippen molar-refractivity contribution in [2.75, 3.05) is 17.5 Å². The second-order valence-electron chi connectivity index (χ2n) is 9.15. The monoisotopic (exact) mass is 494 g/mol. The fraction of sp³-hybridized carbons (Fsp3) is 0.321. The highest BCUT2D eigenvalue weighted by atomic mass is 32.2. The van der Waals surface area contributed by atoms with Crippen LogP contribution in [0.15, 0.2) is 89.8 Å². The Morgan fingerprint density at radius 1 is 0.943 bits per heavy atom. The van der Waals surface area contributed by atoms with Gasteiger partial charge in [-0.05, 0) is 55.5 Å². The lowest BCUT2D eigenvalue weighted by molar-refractivity contribution is -0.120. The number of amides is 1. The Balaban J connectivity index is 1.85. The molecule has 0 spiro atoms. The number of carbonyl (C=O) groups excluding carboxylic acids is 1. The van der Waals surface area contributed by atoms with Crippen LogP contribution in [-0.2, 0) is 20.2 Å². The smallest absolute Gasteiger partial charge is 0.264 e. The number of nitrogens with zero attached hydrogens (tertiary/aromatic N) is 1. The fourth-order valence-electron chi connectivity index (χ4n) is 4.23. The molecule has 186 valence electrons. The number of nitrogens with one attached hydrogen (secondary N) is 1. The molecule has 1 atom stereocenters. The van der Waals surface area contributed by atoms with E-state index < -0.39 is 10.0 Å². The molecular weight excluding hydrogens is 460 g/mol. The van der Waals surface area contributed by atoms with E-state index in [4.69, 9.17) is 4.74 Å². The number of sulfonamides is 1. The fourth-order valence-corrected chi connectivity index (χ4v) is 5.69. The van der Waals surface area contributed by atoms with Gasteiger partial charge in [0, 0.05) is 6.04 Å². The molecule has 3 aromatic carbocycles. The summed E-state index contributed by atoms with van der Waals surface area (Å²) < 4.78 is 34.0. The topological polar surface area (TPSA) is 75.7 Å². The number of benzene rings is 3. The van der Waals surface area contributed by atoms with Gasteiger partial charge >= 0.3 is 0 Å². The highest BCUT2D eigenvalue weighted by Gasteiger charge is 2.30. The molecule has 1 unspecified atom stereocenters. The number of hydrogen-bond donors (Lipinski definition) is 1. The molecule has 1 N–H and O–H groups in total. The highest BCUT2D eigenvalue weighted by Crippen LogP contribution is 2.32. The predicted molar refractivity (Wildman–Crippen MR) is 140 cm³/mol. The maximum Gasteiger partial charge on any atom is 0.264 e. The van der Waals surface area contributed by atoms with Crippen molar-refractivity contribution in [1.82, 2.24) is 5.32 Å². The van der Waals surface area contributed by atoms with Gasteiger partial charge in [0.25, 0.3) is 10.0 Å². The lowest BCUT2D eigenvalue weighted by Crippen LogP contribution is -2.45. The van der Waals surface area contributed by atoms with Crippen LogP contribution in [0, 0.1) is 0 Å². The summed E-state index contributed by atoms with van der Waals surface area (Å²) in [5.74, 6) is 0.0211. The van der Waals surface area contributed by atoms with Crippen molar-refractivity contribution in [3.63, 3.8) is 0 Å². The van der Waals surface area contributed by atoms with Gasteiger partial charge in [-0.1, -0.05) is 74.5 Å². The van der Waals surface area contributed by atoms with E-state index in [9.17, 15) is 13.2 Å². The zero-order valence-corrected chi connectivity index (χ0v) is 21.6. The lowest BCUT2D eigenvalue weighted by atomic mass is 9.79. The molecule has 1 amide bonds. The van der Waals surface area contributed by atoms with Crippen molar-refractivity contribution >= 4 is 21.6 Å². The first-order valence-corrected chi connectivity index (χ1v) is 13.2. The van der Waals surface area contributed by atoms with Crippen molar-refractivity contribution in [3.8, 4) is 5.75 Å². The van der Waals surface area contributed by atoms with E-state index in [1.54, 1.807) is 42.5 Å². The molecular formula is C28H34N2O4S. The first kappa shape index (κ1) is 26.3. The van der Waals surface area contributed by atoms with Crippen LogP contribution >= 0.6 is 0 Å². The van der Waals surface area contributed by atoms with E-state index in [-0.39, 0.29) is 28.8 Å². The van der Waals surface area contributed by atoms with Gasteiger partial charge in [0.1, 0.15) is 12.3 Å². The number of para-hydroxylation sites is 2. The first-order chi connectivity index (χ1) is 16.6. The van der Waals surface area contributed by atoms with Gasteiger partial charge in [0.05, 0.1) is 17.2 Å². The molecule has 35 heavy (non-hydrogen) atoms. The molecule has 0 aliphatic carbocycles. The van der Waals surface area contributed by atoms with Crippen LogP contribution in [0.5, 0.6) is 5.75 Å². The van der Waals surface area contributed by atoms with E-state index in [1.165, 1.54) is 17.7 Å². The van der Waals surface area contributed by atoms with Gasteiger partial charge in [0.2, 0.25) is 5.91 Å². The van der Waals surface area contributed by atoms with Gasteiger partial charge in [-0.3, -0.25) is 9.10 Å². The van der Waals surface area contributed by atoms with Crippen molar-refractivity contribution in [3.05, 3.63) is 90.5 Å². The highest BCUT2D eigenvalue weighted by molar-refractivity contribution is 7.92. The Morgan fingerprint density at radius 2 is 1.51 bits per heavy atom. The van der Waals surface area contributed by atoms with Gasteiger partial charge in [-0.2, -0.15) is 0 Å². The number of ether oxygens (including phenoxy) is 1. The van der Waals surface area contributed by atoms with E-state index in [0.29, 0.717) is 24.5 Å². The molecule has 0 heterocycles. The number of rotatable bonds is 11. The van der Waals surface area contributed by atoms with Crippen LogP contribution in [0.3, 0.4) is 0 Å². The van der Waals surface area contributed by atoms with Gasteiger partial charge in [0.15, 0.2) is 0 Å². The molecule has 0 aliphatic rings. The summed E-state index contributed by atoms with van der Waals surface area (Å²) in [4.78, 5) is 13.3. The standard InChI is InChI=1S/C28H34N2O4S/c1-5-34-26-19-13-12-18-25(26)30(35(32,33)24-16-10-7-11-17-24)21-27(31)29-22(2)20-28(3,4)23-14-8-6-9-15-23/h6-19,22H,5,20-21H2,1-4H3,(H,29,31). The van der Waals surface area contributed by atoms with Gasteiger partial charge < -0.3 is 10.1 Å². The summed E-state index contributed by atoms with van der Waals surface area (Å²) in [7, 11) is -4.01. The molecule has 3 rings (SSSR count). The summed E-state index contributed by atoms with van der Waals surface area (Å²) in [6.07, 6.45) is 0.698. The Labute approximate surface area is 209 Å². The van der Waals surface area contributed by atoms with Crippen LogP contribution in [-0.4, -0.2) is 33.5 Å². The van der Waals surface area contributed by atoms with Crippen molar-refractivity contribution in [2.45, 2.75) is 50.5 Å².